The Bertz CT molecular complexity index is 769. The quantitative estimate of drug-likeness (QED) is 0.789. The number of nitrogens with one attached hydrogen (secondary N) is 2. The summed E-state index contributed by atoms with van der Waals surface area (Å²) in [4.78, 5) is 18.0. The fraction of sp³-hybridized carbons (Fsp3) is 0.368. The number of amides is 2. The predicted molar refractivity (Wildman–Crippen MR) is 97.9 cm³/mol. The Morgan fingerprint density at radius 3 is 2.68 bits per heavy atom. The average Bonchev–Trinajstić information content (AvgIpc) is 3.14. The zero-order valence-corrected chi connectivity index (χ0v) is 15.1. The van der Waals surface area contributed by atoms with Gasteiger partial charge in [-0.15, -0.1) is 13.2 Å². The van der Waals surface area contributed by atoms with Crippen molar-refractivity contribution in [2.45, 2.75) is 19.3 Å². The summed E-state index contributed by atoms with van der Waals surface area (Å²) in [6, 6.07) is 9.28. The van der Waals surface area contributed by atoms with Gasteiger partial charge < -0.3 is 20.3 Å². The van der Waals surface area contributed by atoms with E-state index in [2.05, 4.69) is 25.3 Å². The van der Waals surface area contributed by atoms with E-state index < -0.39 is 6.36 Å². The van der Waals surface area contributed by atoms with Crippen molar-refractivity contribution >= 4 is 11.7 Å². The summed E-state index contributed by atoms with van der Waals surface area (Å²) in [5, 5.41) is 5.64. The molecule has 2 aromatic rings. The van der Waals surface area contributed by atoms with Crippen molar-refractivity contribution in [3.8, 4) is 5.75 Å². The van der Waals surface area contributed by atoms with Crippen LogP contribution in [0.1, 0.15) is 12.0 Å². The molecule has 1 saturated heterocycles. The van der Waals surface area contributed by atoms with E-state index in [0.29, 0.717) is 13.1 Å². The van der Waals surface area contributed by atoms with Crippen molar-refractivity contribution in [2.24, 2.45) is 5.92 Å². The first-order valence-corrected chi connectivity index (χ1v) is 8.90. The number of ether oxygens (including phenoxy) is 1. The minimum atomic E-state index is -4.69. The normalized spacial score (nSPS) is 16.7. The van der Waals surface area contributed by atoms with Gasteiger partial charge in [0.05, 0.1) is 0 Å². The number of rotatable bonds is 6. The summed E-state index contributed by atoms with van der Waals surface area (Å²) in [6.45, 7) is 2.44. The van der Waals surface area contributed by atoms with Crippen LogP contribution < -0.4 is 20.3 Å². The molecule has 1 aliphatic rings. The number of anilines is 1. The number of urea groups is 1. The summed E-state index contributed by atoms with van der Waals surface area (Å²) in [6.07, 6.45) is -0.431. The molecule has 1 aromatic carbocycles. The number of pyridine rings is 1. The SMILES string of the molecule is O=C(NCc1cccnc1)NC[C@@H]1CCN(c2ccc(OC(F)(F)F)cc2)C1. The molecule has 1 aromatic heterocycles. The van der Waals surface area contributed by atoms with Crippen LogP contribution in [0.3, 0.4) is 0 Å². The highest BCUT2D eigenvalue weighted by atomic mass is 19.4. The summed E-state index contributed by atoms with van der Waals surface area (Å²) in [5.74, 6) is 0.0363. The topological polar surface area (TPSA) is 66.5 Å². The molecule has 2 N–H and O–H groups in total. The highest BCUT2D eigenvalue weighted by Crippen LogP contribution is 2.28. The molecule has 0 unspecified atom stereocenters. The average molecular weight is 394 g/mol. The van der Waals surface area contributed by atoms with Gasteiger partial charge in [0.25, 0.3) is 0 Å². The molecule has 28 heavy (non-hydrogen) atoms. The molecule has 0 bridgehead atoms. The highest BCUT2D eigenvalue weighted by Gasteiger charge is 2.31. The molecule has 0 radical (unpaired) electrons. The maximum Gasteiger partial charge on any atom is 0.573 e. The van der Waals surface area contributed by atoms with Crippen LogP contribution in [-0.4, -0.2) is 37.0 Å². The number of alkyl halides is 3. The number of carbonyl (C=O) groups is 1. The van der Waals surface area contributed by atoms with Crippen molar-refractivity contribution in [3.05, 3.63) is 54.4 Å². The summed E-state index contributed by atoms with van der Waals surface area (Å²) < 4.78 is 40.5. The summed E-state index contributed by atoms with van der Waals surface area (Å²) in [7, 11) is 0. The summed E-state index contributed by atoms with van der Waals surface area (Å²) in [5.41, 5.74) is 1.75. The maximum atomic E-state index is 12.2. The smallest absolute Gasteiger partial charge is 0.406 e. The molecular weight excluding hydrogens is 373 g/mol. The van der Waals surface area contributed by atoms with Gasteiger partial charge in [-0.1, -0.05) is 6.07 Å². The van der Waals surface area contributed by atoms with Crippen molar-refractivity contribution in [2.75, 3.05) is 24.5 Å². The van der Waals surface area contributed by atoms with E-state index in [1.165, 1.54) is 12.1 Å². The van der Waals surface area contributed by atoms with Gasteiger partial charge in [0.15, 0.2) is 0 Å². The zero-order valence-electron chi connectivity index (χ0n) is 15.1. The molecule has 0 aliphatic carbocycles. The number of nitrogens with zero attached hydrogens (tertiary/aromatic N) is 2. The lowest BCUT2D eigenvalue weighted by Gasteiger charge is -2.19. The predicted octanol–water partition coefficient (Wildman–Crippen LogP) is 3.31. The lowest BCUT2D eigenvalue weighted by molar-refractivity contribution is -0.274. The Kier molecular flexibility index (Phi) is 6.23. The molecule has 9 heteroatoms. The van der Waals surface area contributed by atoms with E-state index in [-0.39, 0.29) is 17.7 Å². The molecule has 1 atom stereocenters. The second kappa shape index (κ2) is 8.81. The lowest BCUT2D eigenvalue weighted by atomic mass is 10.1. The fourth-order valence-corrected chi connectivity index (χ4v) is 3.08. The highest BCUT2D eigenvalue weighted by molar-refractivity contribution is 5.73. The lowest BCUT2D eigenvalue weighted by Crippen LogP contribution is -2.38. The number of benzene rings is 1. The maximum absolute atomic E-state index is 12.2. The van der Waals surface area contributed by atoms with Gasteiger partial charge in [0.2, 0.25) is 0 Å². The van der Waals surface area contributed by atoms with Crippen molar-refractivity contribution in [1.29, 1.82) is 0 Å². The van der Waals surface area contributed by atoms with Crippen LogP contribution in [0.15, 0.2) is 48.8 Å². The van der Waals surface area contributed by atoms with Gasteiger partial charge >= 0.3 is 12.4 Å². The number of halogens is 3. The second-order valence-electron chi connectivity index (χ2n) is 6.57. The van der Waals surface area contributed by atoms with Gasteiger partial charge in [-0.2, -0.15) is 0 Å². The Balaban J connectivity index is 1.41. The molecule has 1 aliphatic heterocycles. The molecule has 3 rings (SSSR count). The fourth-order valence-electron chi connectivity index (χ4n) is 3.08. The monoisotopic (exact) mass is 394 g/mol. The van der Waals surface area contributed by atoms with E-state index in [1.807, 2.05) is 12.1 Å². The molecule has 1 fully saturated rings. The van der Waals surface area contributed by atoms with Crippen LogP contribution in [0, 0.1) is 5.92 Å². The summed E-state index contributed by atoms with van der Waals surface area (Å²) >= 11 is 0. The third-order valence-electron chi connectivity index (χ3n) is 4.45. The van der Waals surface area contributed by atoms with Crippen molar-refractivity contribution in [1.82, 2.24) is 15.6 Å². The van der Waals surface area contributed by atoms with Crippen molar-refractivity contribution < 1.29 is 22.7 Å². The molecule has 0 saturated carbocycles. The van der Waals surface area contributed by atoms with E-state index >= 15 is 0 Å². The minimum Gasteiger partial charge on any atom is -0.406 e. The number of hydrogen-bond donors (Lipinski definition) is 2. The molecule has 0 spiro atoms. The Morgan fingerprint density at radius 1 is 1.21 bits per heavy atom. The largest absolute Gasteiger partial charge is 0.573 e. The first-order chi connectivity index (χ1) is 13.4. The van der Waals surface area contributed by atoms with Gasteiger partial charge in [-0.05, 0) is 48.2 Å². The standard InChI is InChI=1S/C19H21F3N4O2/c20-19(21,22)28-17-5-3-16(4-6-17)26-9-7-15(13-26)12-25-18(27)24-11-14-2-1-8-23-10-14/h1-6,8,10,15H,7,9,11-13H2,(H2,24,25,27)/t15-/m0/s1. The van der Waals surface area contributed by atoms with Gasteiger partial charge in [-0.3, -0.25) is 4.98 Å². The minimum absolute atomic E-state index is 0.237. The number of aromatic nitrogens is 1. The first-order valence-electron chi connectivity index (χ1n) is 8.90. The van der Waals surface area contributed by atoms with E-state index in [1.54, 1.807) is 24.5 Å². The molecule has 2 heterocycles. The second-order valence-corrected chi connectivity index (χ2v) is 6.57. The van der Waals surface area contributed by atoms with Gasteiger partial charge in [-0.25, -0.2) is 4.79 Å². The number of carbonyl (C=O) groups excluding carboxylic acids is 1. The van der Waals surface area contributed by atoms with E-state index in [9.17, 15) is 18.0 Å². The number of hydrogen-bond acceptors (Lipinski definition) is 4. The first kappa shape index (κ1) is 19.8. The van der Waals surface area contributed by atoms with Crippen LogP contribution in [0.25, 0.3) is 0 Å². The van der Waals surface area contributed by atoms with E-state index in [4.69, 9.17) is 0 Å². The van der Waals surface area contributed by atoms with Crippen LogP contribution in [0.5, 0.6) is 5.75 Å². The third kappa shape index (κ3) is 6.04. The van der Waals surface area contributed by atoms with Gasteiger partial charge in [0, 0.05) is 44.3 Å². The Morgan fingerprint density at radius 2 is 2.00 bits per heavy atom. The van der Waals surface area contributed by atoms with Crippen LogP contribution in [0.2, 0.25) is 0 Å². The van der Waals surface area contributed by atoms with Crippen molar-refractivity contribution in [3.63, 3.8) is 0 Å². The molecule has 6 nitrogen and oxygen atoms in total. The molecule has 2 amide bonds. The van der Waals surface area contributed by atoms with Gasteiger partial charge in [0.1, 0.15) is 5.75 Å². The Labute approximate surface area is 160 Å². The third-order valence-corrected chi connectivity index (χ3v) is 4.45. The Hall–Kier alpha value is -2.97. The molecular formula is C19H21F3N4O2. The van der Waals surface area contributed by atoms with E-state index in [0.717, 1.165) is 30.8 Å². The van der Waals surface area contributed by atoms with Crippen LogP contribution >= 0.6 is 0 Å². The van der Waals surface area contributed by atoms with Crippen LogP contribution in [-0.2, 0) is 6.54 Å². The van der Waals surface area contributed by atoms with Crippen LogP contribution in [0.4, 0.5) is 23.7 Å². The zero-order chi connectivity index (χ0) is 20.0. The molecule has 150 valence electrons.